The van der Waals surface area contributed by atoms with E-state index in [1.165, 1.54) is 49.7 Å². The van der Waals surface area contributed by atoms with Crippen LogP contribution in [0, 0.1) is 0 Å². The Bertz CT molecular complexity index is 6750. The summed E-state index contributed by atoms with van der Waals surface area (Å²) in [4.78, 5) is 7.48. The monoisotopic (exact) mass is 1450 g/mol. The highest BCUT2D eigenvalue weighted by Gasteiger charge is 2.49. The third kappa shape index (κ3) is 10.3. The Kier molecular flexibility index (Phi) is 13.7. The zero-order chi connectivity index (χ0) is 80.4. The highest BCUT2D eigenvalue weighted by molar-refractivity contribution is 7.02. The average molecular weight is 1450 g/mol. The first-order valence-electron chi connectivity index (χ1n) is 41.9. The number of hydrogen-bond donors (Lipinski definition) is 0. The van der Waals surface area contributed by atoms with Crippen molar-refractivity contribution in [1.29, 1.82) is 0 Å². The molecule has 4 aliphatic heterocycles. The lowest BCUT2D eigenvalue weighted by Gasteiger charge is -2.46. The average Bonchev–Trinajstić information content (AvgIpc) is 1.25. The van der Waals surface area contributed by atoms with Gasteiger partial charge in [-0.1, -0.05) is 294 Å². The first kappa shape index (κ1) is 62.2. The van der Waals surface area contributed by atoms with Crippen LogP contribution in [0.3, 0.4) is 0 Å². The van der Waals surface area contributed by atoms with E-state index in [0.29, 0.717) is 5.56 Å². The number of nitrogens with zero attached hydrogens (tertiary/aromatic N) is 4. The Hall–Kier alpha value is -12.6. The molecule has 5 heterocycles. The lowest BCUT2D eigenvalue weighted by Crippen LogP contribution is -2.64. The second-order valence-corrected chi connectivity index (χ2v) is 34.8. The normalized spacial score (nSPS) is 14.7. The first-order valence-corrected chi connectivity index (χ1v) is 39.4. The molecule has 0 bridgehead atoms. The van der Waals surface area contributed by atoms with Gasteiger partial charge in [-0.05, 0) is 218 Å². The van der Waals surface area contributed by atoms with Gasteiger partial charge in [0, 0.05) is 78.9 Å². The molecule has 0 amide bonds. The van der Waals surface area contributed by atoms with E-state index in [1.807, 2.05) is 12.1 Å². The van der Waals surface area contributed by atoms with Crippen LogP contribution in [0.1, 0.15) is 111 Å². The van der Waals surface area contributed by atoms with Gasteiger partial charge in [-0.15, -0.1) is 0 Å². The molecule has 5 aliphatic rings. The molecule has 5 nitrogen and oxygen atoms in total. The summed E-state index contributed by atoms with van der Waals surface area (Å²) in [6.45, 7) is 24.8. The third-order valence-corrected chi connectivity index (χ3v) is 24.7. The van der Waals surface area contributed by atoms with Crippen molar-refractivity contribution in [1.82, 2.24) is 4.57 Å². The van der Waals surface area contributed by atoms with Crippen molar-refractivity contribution in [2.24, 2.45) is 0 Å². The van der Waals surface area contributed by atoms with Gasteiger partial charge >= 0.3 is 0 Å². The highest BCUT2D eigenvalue weighted by Crippen LogP contribution is 2.57. The van der Waals surface area contributed by atoms with Gasteiger partial charge < -0.3 is 24.0 Å². The van der Waals surface area contributed by atoms with Gasteiger partial charge in [0.1, 0.15) is 11.5 Å². The summed E-state index contributed by atoms with van der Waals surface area (Å²) in [7, 11) is 0. The third-order valence-electron chi connectivity index (χ3n) is 24.7. The van der Waals surface area contributed by atoms with Crippen LogP contribution in [-0.4, -0.2) is 18.0 Å². The van der Waals surface area contributed by atoms with Gasteiger partial charge in [0.05, 0.1) is 29.3 Å². The molecule has 0 unspecified atom stereocenters. The van der Waals surface area contributed by atoms with Crippen LogP contribution in [0.25, 0.3) is 83.1 Å². The van der Waals surface area contributed by atoms with Crippen molar-refractivity contribution in [3.63, 3.8) is 0 Å². The molecule has 16 aromatic rings. The lowest BCUT2D eigenvalue weighted by atomic mass is 9.30. The summed E-state index contributed by atoms with van der Waals surface area (Å²) in [5.74, 6) is 1.50. The number of benzene rings is 15. The van der Waals surface area contributed by atoms with Gasteiger partial charge in [0.15, 0.2) is 0 Å². The number of ether oxygens (including phenoxy) is 1. The van der Waals surface area contributed by atoms with Gasteiger partial charge in [-0.3, -0.25) is 0 Å². The van der Waals surface area contributed by atoms with Crippen LogP contribution in [-0.2, 0) is 21.7 Å². The Morgan fingerprint density at radius 3 is 1.44 bits per heavy atom. The Morgan fingerprint density at radius 2 is 0.830 bits per heavy atom. The van der Waals surface area contributed by atoms with Crippen molar-refractivity contribution in [3.8, 4) is 72.8 Å². The number of aromatic nitrogens is 1. The largest absolute Gasteiger partial charge is 0.458 e. The Balaban J connectivity index is 0.868. The molecular weight excluding hydrogens is 1350 g/mol. The molecule has 7 heteroatoms. The standard InChI is InChI=1S/C105H86B2N4O/c1-102(2,3)70-49-53-88-81(57-70)82-58-71(103(4,5)6)50-54-89(82)110(88)75-61-94-99-95(62-75)109(74-51-47-66(48-52-74)65-31-16-12-17-32-65)92-64-96-87(63-86(92)106(99)84-43-26-28-45-90(84)108(94)73-37-22-15-23-38-73)107-85-44-27-29-46-91(85)111(101-79(67-33-18-13-19-34-67)59-72(104(7,8)9)60-80(101)68-35-20-14-21-36-68)93-55-69(56-97(112-96)100(93)107)76-40-30-41-78-77-39-24-25-42-83(77)105(10,11)98(76)78/h12-64H,1-11H3/i12D,16D,17D,31D,32D. The van der Waals surface area contributed by atoms with E-state index in [-0.39, 0.29) is 64.8 Å². The molecule has 0 atom stereocenters. The van der Waals surface area contributed by atoms with Crippen molar-refractivity contribution >= 4 is 119 Å². The zero-order valence-corrected chi connectivity index (χ0v) is 65.1. The van der Waals surface area contributed by atoms with Crippen LogP contribution in [0.2, 0.25) is 0 Å². The molecule has 538 valence electrons. The van der Waals surface area contributed by atoms with E-state index in [1.54, 1.807) is 0 Å². The predicted octanol–water partition coefficient (Wildman–Crippen LogP) is 24.1. The molecule has 0 radical (unpaired) electrons. The molecule has 15 aromatic carbocycles. The number of fused-ring (bicyclic) bond motifs is 14. The van der Waals surface area contributed by atoms with Crippen LogP contribution < -0.4 is 52.2 Å². The molecule has 0 saturated carbocycles. The highest BCUT2D eigenvalue weighted by atomic mass is 16.5. The topological polar surface area (TPSA) is 23.9 Å². The predicted molar refractivity (Wildman–Crippen MR) is 476 cm³/mol. The molecular formula is C105H86B2N4O. The van der Waals surface area contributed by atoms with Crippen molar-refractivity contribution in [3.05, 3.63) is 349 Å². The summed E-state index contributed by atoms with van der Waals surface area (Å²) in [6.07, 6.45) is 0. The summed E-state index contributed by atoms with van der Waals surface area (Å²) < 4.78 is 55.5. The molecule has 112 heavy (non-hydrogen) atoms. The maximum absolute atomic E-state index is 9.27. The van der Waals surface area contributed by atoms with Gasteiger partial charge in [-0.2, -0.15) is 0 Å². The van der Waals surface area contributed by atoms with Crippen molar-refractivity contribution in [2.75, 3.05) is 14.7 Å². The molecule has 21 rings (SSSR count). The number of anilines is 9. The maximum Gasteiger partial charge on any atom is 0.256 e. The Morgan fingerprint density at radius 1 is 0.321 bits per heavy atom. The summed E-state index contributed by atoms with van der Waals surface area (Å²) >= 11 is 0. The quantitative estimate of drug-likeness (QED) is 0.142. The van der Waals surface area contributed by atoms with Crippen molar-refractivity contribution < 1.29 is 11.6 Å². The number of hydrogen-bond acceptors (Lipinski definition) is 4. The van der Waals surface area contributed by atoms with Crippen LogP contribution in [0.4, 0.5) is 51.2 Å². The van der Waals surface area contributed by atoms with Gasteiger partial charge in [-0.25, -0.2) is 0 Å². The van der Waals surface area contributed by atoms with Crippen LogP contribution in [0.15, 0.2) is 321 Å². The summed E-state index contributed by atoms with van der Waals surface area (Å²) in [6, 6.07) is 106. The second-order valence-electron chi connectivity index (χ2n) is 34.8. The second kappa shape index (κ2) is 24.7. The first-order chi connectivity index (χ1) is 56.3. The molecule has 0 N–H and O–H groups in total. The van der Waals surface area contributed by atoms with Crippen molar-refractivity contribution in [2.45, 2.75) is 97.8 Å². The number of para-hydroxylation sites is 3. The van der Waals surface area contributed by atoms with Gasteiger partial charge in [0.2, 0.25) is 0 Å². The molecule has 0 saturated heterocycles. The van der Waals surface area contributed by atoms with E-state index in [2.05, 4.69) is 374 Å². The van der Waals surface area contributed by atoms with Gasteiger partial charge in [0.25, 0.3) is 13.4 Å². The van der Waals surface area contributed by atoms with Crippen LogP contribution in [0.5, 0.6) is 11.5 Å². The molecule has 0 fully saturated rings. The molecule has 1 aromatic heterocycles. The van der Waals surface area contributed by atoms with E-state index >= 15 is 0 Å². The molecule has 0 spiro atoms. The number of rotatable bonds is 8. The maximum atomic E-state index is 9.27. The lowest BCUT2D eigenvalue weighted by molar-refractivity contribution is 0.488. The summed E-state index contributed by atoms with van der Waals surface area (Å²) in [5.41, 5.74) is 34.2. The minimum atomic E-state index is -0.429. The van der Waals surface area contributed by atoms with E-state index < -0.39 is 6.04 Å². The zero-order valence-electron chi connectivity index (χ0n) is 70.1. The fraction of sp³-hybridized carbons (Fsp3) is 0.143. The summed E-state index contributed by atoms with van der Waals surface area (Å²) in [5, 5.41) is 2.37. The fourth-order valence-corrected chi connectivity index (χ4v) is 19.3. The van der Waals surface area contributed by atoms with Crippen LogP contribution >= 0.6 is 0 Å². The Labute approximate surface area is 665 Å². The SMILES string of the molecule is [2H]c1c([2H])c([2H])c(-c2ccc(N3c4cc5c(cc4B4c6ccccc6N(c6ccccc6)c6cc(-n7c8ccc(C(C)(C)C)cc8c8cc(C(C)(C)C)ccc87)cc3c64)B3c4ccccc4N(c4c(-c6ccccc6)cc(C(C)(C)C)cc4-c4ccccc4)c4cc(-c6cccc7c6C(C)(C)c6ccccc6-7)cc(c43)O5)cc2)c([2H])c1[2H]. The minimum Gasteiger partial charge on any atom is -0.458 e. The molecule has 1 aliphatic carbocycles. The smallest absolute Gasteiger partial charge is 0.256 e. The van der Waals surface area contributed by atoms with E-state index in [9.17, 15) is 2.74 Å². The fourth-order valence-electron chi connectivity index (χ4n) is 19.3. The van der Waals surface area contributed by atoms with E-state index in [4.69, 9.17) is 8.85 Å². The van der Waals surface area contributed by atoms with E-state index in [0.717, 1.165) is 146 Å². The minimum absolute atomic E-state index is 0.119.